The lowest BCUT2D eigenvalue weighted by Crippen LogP contribution is -2.41. The van der Waals surface area contributed by atoms with Gasteiger partial charge < -0.3 is 10.6 Å². The third-order valence-electron chi connectivity index (χ3n) is 3.87. The van der Waals surface area contributed by atoms with Crippen molar-refractivity contribution >= 4 is 51.6 Å². The fraction of sp³-hybridized carbons (Fsp3) is 0.316. The molecule has 0 saturated heterocycles. The molecule has 0 aromatic heterocycles. The van der Waals surface area contributed by atoms with Gasteiger partial charge in [0.05, 0.1) is 5.75 Å². The summed E-state index contributed by atoms with van der Waals surface area (Å²) in [6.07, 6.45) is 0.747. The van der Waals surface area contributed by atoms with E-state index in [9.17, 15) is 8.42 Å². The van der Waals surface area contributed by atoms with E-state index in [-0.39, 0.29) is 42.8 Å². The first-order chi connectivity index (χ1) is 13.0. The molecule has 3 N–H and O–H groups in total. The largest absolute Gasteiger partial charge is 0.356 e. The zero-order chi connectivity index (χ0) is 19.5. The summed E-state index contributed by atoms with van der Waals surface area (Å²) < 4.78 is 26.8. The quantitative estimate of drug-likeness (QED) is 0.262. The second kappa shape index (κ2) is 13.0. The molecule has 0 amide bonds. The number of sulfonamides is 1. The SMILES string of the molecule is CN=C(NCCc1ccccc1Cl)NCCS(=O)(=O)NCc1ccccc1.I. The maximum atomic E-state index is 12.1. The molecule has 154 valence electrons. The second-order valence-electron chi connectivity index (χ2n) is 5.89. The van der Waals surface area contributed by atoms with Gasteiger partial charge in [-0.15, -0.1) is 24.0 Å². The van der Waals surface area contributed by atoms with Crippen molar-refractivity contribution in [3.63, 3.8) is 0 Å². The minimum Gasteiger partial charge on any atom is -0.356 e. The first-order valence-electron chi connectivity index (χ1n) is 8.69. The van der Waals surface area contributed by atoms with Crippen LogP contribution in [-0.4, -0.2) is 40.3 Å². The lowest BCUT2D eigenvalue weighted by atomic mass is 10.1. The Morgan fingerprint density at radius 2 is 1.64 bits per heavy atom. The van der Waals surface area contributed by atoms with Crippen LogP contribution in [-0.2, 0) is 23.0 Å². The molecule has 0 spiro atoms. The van der Waals surface area contributed by atoms with Gasteiger partial charge in [0, 0.05) is 31.7 Å². The number of nitrogens with one attached hydrogen (secondary N) is 3. The number of benzene rings is 2. The Kier molecular flexibility index (Phi) is 11.4. The first-order valence-corrected chi connectivity index (χ1v) is 10.7. The highest BCUT2D eigenvalue weighted by atomic mass is 127. The lowest BCUT2D eigenvalue weighted by molar-refractivity contribution is 0.580. The van der Waals surface area contributed by atoms with Crippen LogP contribution in [0.3, 0.4) is 0 Å². The Bertz CT molecular complexity index is 848. The molecule has 0 radical (unpaired) electrons. The molecule has 0 atom stereocenters. The number of hydrogen-bond acceptors (Lipinski definition) is 3. The van der Waals surface area contributed by atoms with Crippen LogP contribution in [0.15, 0.2) is 59.6 Å². The van der Waals surface area contributed by atoms with Crippen LogP contribution in [0.5, 0.6) is 0 Å². The van der Waals surface area contributed by atoms with Gasteiger partial charge in [0.1, 0.15) is 0 Å². The summed E-state index contributed by atoms with van der Waals surface area (Å²) in [7, 11) is -1.72. The molecule has 0 aliphatic heterocycles. The summed E-state index contributed by atoms with van der Waals surface area (Å²) in [6.45, 7) is 1.19. The smallest absolute Gasteiger partial charge is 0.213 e. The maximum Gasteiger partial charge on any atom is 0.213 e. The van der Waals surface area contributed by atoms with E-state index in [0.717, 1.165) is 22.6 Å². The van der Waals surface area contributed by atoms with E-state index in [4.69, 9.17) is 11.6 Å². The number of aliphatic imine (C=N–C) groups is 1. The Morgan fingerprint density at radius 1 is 1.00 bits per heavy atom. The van der Waals surface area contributed by atoms with Gasteiger partial charge in [0.25, 0.3) is 0 Å². The predicted molar refractivity (Wildman–Crippen MR) is 127 cm³/mol. The zero-order valence-electron chi connectivity index (χ0n) is 15.7. The minimum absolute atomic E-state index is 0. The van der Waals surface area contributed by atoms with Gasteiger partial charge in [-0.25, -0.2) is 13.1 Å². The monoisotopic (exact) mass is 536 g/mol. The zero-order valence-corrected chi connectivity index (χ0v) is 19.6. The fourth-order valence-electron chi connectivity index (χ4n) is 2.40. The van der Waals surface area contributed by atoms with E-state index in [1.807, 2.05) is 54.6 Å². The van der Waals surface area contributed by atoms with Gasteiger partial charge in [-0.3, -0.25) is 4.99 Å². The van der Waals surface area contributed by atoms with Crippen molar-refractivity contribution in [2.75, 3.05) is 25.9 Å². The summed E-state index contributed by atoms with van der Waals surface area (Å²) in [6, 6.07) is 17.1. The Hall–Kier alpha value is -1.36. The standard InChI is InChI=1S/C19H25ClN4O2S.HI/c1-21-19(22-12-11-17-9-5-6-10-18(17)20)23-13-14-27(25,26)24-15-16-7-3-2-4-8-16;/h2-10,24H,11-15H2,1H3,(H2,21,22,23);1H. The van der Waals surface area contributed by atoms with Gasteiger partial charge in [0.15, 0.2) is 5.96 Å². The Labute approximate surface area is 189 Å². The van der Waals surface area contributed by atoms with Crippen molar-refractivity contribution in [1.82, 2.24) is 15.4 Å². The molecule has 2 aromatic carbocycles. The van der Waals surface area contributed by atoms with E-state index >= 15 is 0 Å². The third kappa shape index (κ3) is 9.22. The van der Waals surface area contributed by atoms with Gasteiger partial charge in [-0.1, -0.05) is 60.1 Å². The van der Waals surface area contributed by atoms with Crippen LogP contribution in [0.2, 0.25) is 5.02 Å². The van der Waals surface area contributed by atoms with E-state index < -0.39 is 10.0 Å². The van der Waals surface area contributed by atoms with Crippen LogP contribution in [0.4, 0.5) is 0 Å². The number of hydrogen-bond donors (Lipinski definition) is 3. The minimum atomic E-state index is -3.37. The summed E-state index contributed by atoms with van der Waals surface area (Å²) in [5.74, 6) is 0.519. The molecule has 0 unspecified atom stereocenters. The number of nitrogens with zero attached hydrogens (tertiary/aromatic N) is 1. The summed E-state index contributed by atoms with van der Waals surface area (Å²) >= 11 is 6.13. The normalized spacial score (nSPS) is 11.6. The van der Waals surface area contributed by atoms with Crippen molar-refractivity contribution in [2.45, 2.75) is 13.0 Å². The molecular formula is C19H26ClIN4O2S. The summed E-state index contributed by atoms with van der Waals surface area (Å²) in [5.41, 5.74) is 1.97. The first kappa shape index (κ1) is 24.7. The average Bonchev–Trinajstić information content (AvgIpc) is 2.67. The maximum absolute atomic E-state index is 12.1. The highest BCUT2D eigenvalue weighted by Crippen LogP contribution is 2.14. The average molecular weight is 537 g/mol. The Balaban J connectivity index is 0.00000392. The van der Waals surface area contributed by atoms with Crippen molar-refractivity contribution < 1.29 is 8.42 Å². The number of guanidine groups is 1. The molecule has 0 aliphatic rings. The van der Waals surface area contributed by atoms with Crippen molar-refractivity contribution in [3.8, 4) is 0 Å². The molecule has 0 aliphatic carbocycles. The number of halogens is 2. The van der Waals surface area contributed by atoms with Crippen LogP contribution in [0.25, 0.3) is 0 Å². The van der Waals surface area contributed by atoms with Gasteiger partial charge in [-0.05, 0) is 23.6 Å². The molecule has 0 saturated carbocycles. The van der Waals surface area contributed by atoms with Crippen LogP contribution < -0.4 is 15.4 Å². The van der Waals surface area contributed by atoms with Crippen molar-refractivity contribution in [2.24, 2.45) is 4.99 Å². The highest BCUT2D eigenvalue weighted by molar-refractivity contribution is 14.0. The van der Waals surface area contributed by atoms with E-state index in [1.54, 1.807) is 7.05 Å². The number of rotatable bonds is 9. The molecule has 6 nitrogen and oxygen atoms in total. The topological polar surface area (TPSA) is 82.6 Å². The second-order valence-corrected chi connectivity index (χ2v) is 8.23. The van der Waals surface area contributed by atoms with Crippen LogP contribution in [0.1, 0.15) is 11.1 Å². The van der Waals surface area contributed by atoms with E-state index in [0.29, 0.717) is 12.5 Å². The van der Waals surface area contributed by atoms with Crippen LogP contribution >= 0.6 is 35.6 Å². The van der Waals surface area contributed by atoms with Gasteiger partial charge >= 0.3 is 0 Å². The fourth-order valence-corrected chi connectivity index (χ4v) is 3.53. The summed E-state index contributed by atoms with van der Waals surface area (Å²) in [4.78, 5) is 4.10. The lowest BCUT2D eigenvalue weighted by Gasteiger charge is -2.13. The predicted octanol–water partition coefficient (Wildman–Crippen LogP) is 2.79. The molecule has 2 aromatic rings. The van der Waals surface area contributed by atoms with Crippen molar-refractivity contribution in [3.05, 3.63) is 70.7 Å². The highest BCUT2D eigenvalue weighted by Gasteiger charge is 2.10. The third-order valence-corrected chi connectivity index (χ3v) is 5.56. The van der Waals surface area contributed by atoms with Gasteiger partial charge in [0.2, 0.25) is 10.0 Å². The molecule has 9 heteroatoms. The van der Waals surface area contributed by atoms with E-state index in [1.165, 1.54) is 0 Å². The Morgan fingerprint density at radius 3 is 2.32 bits per heavy atom. The molecular weight excluding hydrogens is 511 g/mol. The molecule has 28 heavy (non-hydrogen) atoms. The molecule has 0 fully saturated rings. The molecule has 0 bridgehead atoms. The van der Waals surface area contributed by atoms with Crippen LogP contribution in [0, 0.1) is 0 Å². The van der Waals surface area contributed by atoms with Crippen molar-refractivity contribution in [1.29, 1.82) is 0 Å². The van der Waals surface area contributed by atoms with E-state index in [2.05, 4.69) is 20.3 Å². The molecule has 2 rings (SSSR count). The summed E-state index contributed by atoms with van der Waals surface area (Å²) in [5, 5.41) is 6.90. The molecule has 0 heterocycles. The van der Waals surface area contributed by atoms with Gasteiger partial charge in [-0.2, -0.15) is 0 Å².